The number of rotatable bonds is 5. The Morgan fingerprint density at radius 2 is 1.80 bits per heavy atom. The predicted octanol–water partition coefficient (Wildman–Crippen LogP) is 3.11. The molecule has 2 aromatic heterocycles. The summed E-state index contributed by atoms with van der Waals surface area (Å²) in [6.07, 6.45) is -0.591. The molecule has 0 spiro atoms. The van der Waals surface area contributed by atoms with Gasteiger partial charge in [-0.25, -0.2) is 19.3 Å². The zero-order valence-corrected chi connectivity index (χ0v) is 17.1. The lowest BCUT2D eigenvalue weighted by atomic mass is 10.1. The molecular formula is C21H22N4O5. The first-order valence-corrected chi connectivity index (χ1v) is 9.35. The molecule has 1 N–H and O–H groups in total. The van der Waals surface area contributed by atoms with Gasteiger partial charge in [0.05, 0.1) is 30.0 Å². The topological polar surface area (TPSA) is 112 Å². The molecule has 0 saturated heterocycles. The van der Waals surface area contributed by atoms with Crippen molar-refractivity contribution in [3.8, 4) is 11.3 Å². The number of benzene rings is 1. The molecule has 0 saturated carbocycles. The highest BCUT2D eigenvalue weighted by atomic mass is 16.6. The Morgan fingerprint density at radius 1 is 1.10 bits per heavy atom. The van der Waals surface area contributed by atoms with Crippen LogP contribution in [0.1, 0.15) is 37.2 Å². The van der Waals surface area contributed by atoms with Gasteiger partial charge in [-0.3, -0.25) is 10.1 Å². The van der Waals surface area contributed by atoms with Crippen molar-refractivity contribution in [2.75, 3.05) is 7.11 Å². The maximum atomic E-state index is 12.9. The number of carbonyl (C=O) groups excluding carboxylic acids is 3. The smallest absolute Gasteiger partial charge is 0.413 e. The second-order valence-electron chi connectivity index (χ2n) is 6.87. The Labute approximate surface area is 173 Å². The van der Waals surface area contributed by atoms with Crippen molar-refractivity contribution in [2.24, 2.45) is 0 Å². The molecule has 1 aromatic carbocycles. The predicted molar refractivity (Wildman–Crippen MR) is 109 cm³/mol. The van der Waals surface area contributed by atoms with Gasteiger partial charge in [0.15, 0.2) is 11.8 Å². The summed E-state index contributed by atoms with van der Waals surface area (Å²) in [5, 5.41) is 6.83. The number of carbonyl (C=O) groups is 3. The Bertz CT molecular complexity index is 1090. The van der Waals surface area contributed by atoms with Crippen molar-refractivity contribution in [3.05, 3.63) is 48.2 Å². The van der Waals surface area contributed by atoms with Gasteiger partial charge in [-0.1, -0.05) is 30.3 Å². The quantitative estimate of drug-likeness (QED) is 0.643. The molecule has 9 heteroatoms. The number of aromatic nitrogens is 3. The molecule has 156 valence electrons. The Balaban J connectivity index is 2.00. The number of esters is 1. The molecule has 0 unspecified atom stereocenters. The van der Waals surface area contributed by atoms with Gasteiger partial charge in [0.1, 0.15) is 0 Å². The van der Waals surface area contributed by atoms with Crippen LogP contribution in [0.15, 0.2) is 42.6 Å². The molecule has 0 radical (unpaired) electrons. The fourth-order valence-corrected chi connectivity index (χ4v) is 2.85. The number of hydrogen-bond acceptors (Lipinski definition) is 7. The molecule has 0 aliphatic rings. The summed E-state index contributed by atoms with van der Waals surface area (Å²) in [5.74, 6) is -1.52. The minimum absolute atomic E-state index is 0.0228. The standard InChI is InChI=1S/C21H22N4O5/c1-12(2)25-18-16(11-22-25)15(10-17(23-18)14-8-6-5-7-9-14)20(27)30-13(3)19(26)24-21(28)29-4/h5-13H,1-4H3,(H,24,26,28)/t13-/m1/s1. The summed E-state index contributed by atoms with van der Waals surface area (Å²) < 4.78 is 11.4. The second kappa shape index (κ2) is 8.73. The van der Waals surface area contributed by atoms with Crippen LogP contribution in [-0.4, -0.2) is 45.9 Å². The molecule has 0 fully saturated rings. The zero-order chi connectivity index (χ0) is 21.8. The van der Waals surface area contributed by atoms with Crippen molar-refractivity contribution in [3.63, 3.8) is 0 Å². The minimum atomic E-state index is -1.21. The highest BCUT2D eigenvalue weighted by Gasteiger charge is 2.24. The largest absolute Gasteiger partial charge is 0.453 e. The van der Waals surface area contributed by atoms with Crippen LogP contribution in [0.4, 0.5) is 4.79 Å². The van der Waals surface area contributed by atoms with Gasteiger partial charge < -0.3 is 9.47 Å². The summed E-state index contributed by atoms with van der Waals surface area (Å²) in [6, 6.07) is 11.0. The van der Waals surface area contributed by atoms with Gasteiger partial charge in [0.25, 0.3) is 5.91 Å². The maximum absolute atomic E-state index is 12.9. The Hall–Kier alpha value is -3.75. The first kappa shape index (κ1) is 21.0. The lowest BCUT2D eigenvalue weighted by Crippen LogP contribution is -2.39. The van der Waals surface area contributed by atoms with E-state index in [1.165, 1.54) is 6.92 Å². The van der Waals surface area contributed by atoms with Crippen LogP contribution in [0.25, 0.3) is 22.3 Å². The maximum Gasteiger partial charge on any atom is 0.413 e. The van der Waals surface area contributed by atoms with E-state index in [0.29, 0.717) is 16.7 Å². The van der Waals surface area contributed by atoms with Gasteiger partial charge in [0, 0.05) is 11.6 Å². The number of pyridine rings is 1. The summed E-state index contributed by atoms with van der Waals surface area (Å²) in [4.78, 5) is 40.8. The number of amides is 2. The van der Waals surface area contributed by atoms with E-state index in [1.807, 2.05) is 49.5 Å². The van der Waals surface area contributed by atoms with Crippen molar-refractivity contribution in [1.82, 2.24) is 20.1 Å². The molecule has 2 heterocycles. The zero-order valence-electron chi connectivity index (χ0n) is 17.1. The number of ether oxygens (including phenoxy) is 2. The van der Waals surface area contributed by atoms with Crippen molar-refractivity contribution >= 4 is 29.0 Å². The van der Waals surface area contributed by atoms with Gasteiger partial charge in [0.2, 0.25) is 0 Å². The van der Waals surface area contributed by atoms with E-state index in [1.54, 1.807) is 16.9 Å². The van der Waals surface area contributed by atoms with Crippen LogP contribution in [0.2, 0.25) is 0 Å². The average molecular weight is 410 g/mol. The first-order valence-electron chi connectivity index (χ1n) is 9.35. The summed E-state index contributed by atoms with van der Waals surface area (Å²) in [6.45, 7) is 5.28. The number of imide groups is 1. The van der Waals surface area contributed by atoms with Crippen LogP contribution >= 0.6 is 0 Å². The number of alkyl carbamates (subject to hydrolysis) is 1. The molecule has 3 aromatic rings. The second-order valence-corrected chi connectivity index (χ2v) is 6.87. The molecule has 9 nitrogen and oxygen atoms in total. The molecular weight excluding hydrogens is 388 g/mol. The lowest BCUT2D eigenvalue weighted by molar-refractivity contribution is -0.128. The molecule has 30 heavy (non-hydrogen) atoms. The van der Waals surface area contributed by atoms with E-state index < -0.39 is 24.1 Å². The van der Waals surface area contributed by atoms with E-state index in [2.05, 4.69) is 14.8 Å². The Morgan fingerprint density at radius 3 is 2.43 bits per heavy atom. The molecule has 3 rings (SSSR count). The van der Waals surface area contributed by atoms with Gasteiger partial charge >= 0.3 is 12.1 Å². The SMILES string of the molecule is COC(=O)NC(=O)[C@@H](C)OC(=O)c1cc(-c2ccccc2)nc2c1cnn2C(C)C. The summed E-state index contributed by atoms with van der Waals surface area (Å²) in [5.41, 5.74) is 2.15. The van der Waals surface area contributed by atoms with Gasteiger partial charge in [-0.2, -0.15) is 5.10 Å². The lowest BCUT2D eigenvalue weighted by Gasteiger charge is -2.14. The van der Waals surface area contributed by atoms with E-state index in [0.717, 1.165) is 12.7 Å². The van der Waals surface area contributed by atoms with Crippen molar-refractivity contribution < 1.29 is 23.9 Å². The highest BCUT2D eigenvalue weighted by Crippen LogP contribution is 2.27. The van der Waals surface area contributed by atoms with E-state index in [4.69, 9.17) is 4.74 Å². The third-order valence-electron chi connectivity index (χ3n) is 4.41. The molecule has 2 amide bonds. The van der Waals surface area contributed by atoms with Gasteiger partial charge in [-0.15, -0.1) is 0 Å². The van der Waals surface area contributed by atoms with Crippen molar-refractivity contribution in [2.45, 2.75) is 32.9 Å². The number of methoxy groups -OCH3 is 1. The van der Waals surface area contributed by atoms with Crippen molar-refractivity contribution in [1.29, 1.82) is 0 Å². The average Bonchev–Trinajstić information content (AvgIpc) is 3.17. The minimum Gasteiger partial charge on any atom is -0.453 e. The van der Waals surface area contributed by atoms with Crippen LogP contribution in [0.5, 0.6) is 0 Å². The Kier molecular flexibility index (Phi) is 6.10. The monoisotopic (exact) mass is 410 g/mol. The van der Waals surface area contributed by atoms with Crippen LogP contribution in [0.3, 0.4) is 0 Å². The number of hydrogen-bond donors (Lipinski definition) is 1. The number of nitrogens with one attached hydrogen (secondary N) is 1. The summed E-state index contributed by atoms with van der Waals surface area (Å²) in [7, 11) is 1.13. The fourth-order valence-electron chi connectivity index (χ4n) is 2.85. The third-order valence-corrected chi connectivity index (χ3v) is 4.41. The van der Waals surface area contributed by atoms with E-state index in [9.17, 15) is 14.4 Å². The number of fused-ring (bicyclic) bond motifs is 1. The molecule has 1 atom stereocenters. The molecule has 0 aliphatic heterocycles. The van der Waals surface area contributed by atoms with Crippen LogP contribution in [-0.2, 0) is 14.3 Å². The molecule has 0 bridgehead atoms. The number of nitrogens with zero attached hydrogens (tertiary/aromatic N) is 3. The van der Waals surface area contributed by atoms with Crippen LogP contribution < -0.4 is 5.32 Å². The fraction of sp³-hybridized carbons (Fsp3) is 0.286. The third kappa shape index (κ3) is 4.29. The normalized spacial score (nSPS) is 11.9. The first-order chi connectivity index (χ1) is 14.3. The summed E-state index contributed by atoms with van der Waals surface area (Å²) >= 11 is 0. The van der Waals surface area contributed by atoms with E-state index >= 15 is 0 Å². The highest BCUT2D eigenvalue weighted by molar-refractivity contribution is 6.05. The van der Waals surface area contributed by atoms with E-state index in [-0.39, 0.29) is 11.6 Å². The van der Waals surface area contributed by atoms with Gasteiger partial charge in [-0.05, 0) is 26.8 Å². The molecule has 0 aliphatic carbocycles. The van der Waals surface area contributed by atoms with Crippen LogP contribution in [0, 0.1) is 0 Å².